The largest absolute Gasteiger partial charge is 0.491 e. The SMILES string of the molecule is O[C@H](COc1cccc(CNCCc2ccccc2F)c1)CN1CCCCCC1. The van der Waals surface area contributed by atoms with Gasteiger partial charge in [0.1, 0.15) is 24.3 Å². The molecule has 158 valence electrons. The van der Waals surface area contributed by atoms with E-state index in [0.717, 1.165) is 30.0 Å². The highest BCUT2D eigenvalue weighted by Gasteiger charge is 2.14. The molecule has 3 rings (SSSR count). The van der Waals surface area contributed by atoms with E-state index in [-0.39, 0.29) is 5.82 Å². The Bertz CT molecular complexity index is 732. The van der Waals surface area contributed by atoms with Crippen LogP contribution in [-0.2, 0) is 13.0 Å². The van der Waals surface area contributed by atoms with Crippen LogP contribution in [0.4, 0.5) is 4.39 Å². The first-order valence-electron chi connectivity index (χ1n) is 10.8. The number of nitrogens with zero attached hydrogens (tertiary/aromatic N) is 1. The minimum absolute atomic E-state index is 0.150. The lowest BCUT2D eigenvalue weighted by molar-refractivity contribution is 0.0693. The van der Waals surface area contributed by atoms with Gasteiger partial charge in [-0.3, -0.25) is 0 Å². The van der Waals surface area contributed by atoms with E-state index in [2.05, 4.69) is 10.2 Å². The quantitative estimate of drug-likeness (QED) is 0.596. The minimum atomic E-state index is -0.476. The number of nitrogens with one attached hydrogen (secondary N) is 1. The zero-order chi connectivity index (χ0) is 20.3. The van der Waals surface area contributed by atoms with E-state index in [1.807, 2.05) is 36.4 Å². The average Bonchev–Trinajstić information content (AvgIpc) is 3.00. The van der Waals surface area contributed by atoms with Gasteiger partial charge < -0.3 is 20.1 Å². The predicted molar refractivity (Wildman–Crippen MR) is 115 cm³/mol. The number of likely N-dealkylation sites (tertiary alicyclic amines) is 1. The van der Waals surface area contributed by atoms with Gasteiger partial charge in [-0.15, -0.1) is 0 Å². The van der Waals surface area contributed by atoms with Crippen LogP contribution in [0.2, 0.25) is 0 Å². The van der Waals surface area contributed by atoms with Gasteiger partial charge in [-0.2, -0.15) is 0 Å². The molecule has 5 heteroatoms. The number of aliphatic hydroxyl groups is 1. The summed E-state index contributed by atoms with van der Waals surface area (Å²) in [5.41, 5.74) is 1.84. The second-order valence-electron chi connectivity index (χ2n) is 7.85. The zero-order valence-electron chi connectivity index (χ0n) is 17.2. The number of hydrogen-bond donors (Lipinski definition) is 2. The number of ether oxygens (including phenoxy) is 1. The Morgan fingerprint density at radius 1 is 1.03 bits per heavy atom. The van der Waals surface area contributed by atoms with Crippen molar-refractivity contribution in [1.82, 2.24) is 10.2 Å². The lowest BCUT2D eigenvalue weighted by Crippen LogP contribution is -2.36. The van der Waals surface area contributed by atoms with Crippen molar-refractivity contribution in [3.05, 3.63) is 65.5 Å². The summed E-state index contributed by atoms with van der Waals surface area (Å²) in [6.07, 6.45) is 5.22. The number of halogens is 1. The van der Waals surface area contributed by atoms with Crippen LogP contribution < -0.4 is 10.1 Å². The standard InChI is InChI=1S/C24H33FN2O2/c25-24-11-4-3-9-21(24)12-13-26-17-20-8-7-10-23(16-20)29-19-22(28)18-27-14-5-1-2-6-15-27/h3-4,7-11,16,22,26,28H,1-2,5-6,12-15,17-19H2/t22-/m0/s1. The van der Waals surface area contributed by atoms with Gasteiger partial charge in [0.2, 0.25) is 0 Å². The first kappa shape index (κ1) is 21.8. The summed E-state index contributed by atoms with van der Waals surface area (Å²) < 4.78 is 19.5. The molecule has 0 aromatic heterocycles. The van der Waals surface area contributed by atoms with Gasteiger partial charge in [-0.05, 0) is 68.2 Å². The van der Waals surface area contributed by atoms with Crippen LogP contribution in [0.15, 0.2) is 48.5 Å². The van der Waals surface area contributed by atoms with Crippen molar-refractivity contribution < 1.29 is 14.2 Å². The summed E-state index contributed by atoms with van der Waals surface area (Å²) in [5.74, 6) is 0.622. The van der Waals surface area contributed by atoms with E-state index in [1.54, 1.807) is 6.07 Å². The van der Waals surface area contributed by atoms with Crippen molar-refractivity contribution in [2.45, 2.75) is 44.8 Å². The Morgan fingerprint density at radius 3 is 2.62 bits per heavy atom. The molecule has 1 fully saturated rings. The maximum atomic E-state index is 13.6. The first-order valence-corrected chi connectivity index (χ1v) is 10.8. The highest BCUT2D eigenvalue weighted by atomic mass is 19.1. The van der Waals surface area contributed by atoms with Crippen LogP contribution in [0.5, 0.6) is 5.75 Å². The normalized spacial score (nSPS) is 16.3. The maximum absolute atomic E-state index is 13.6. The smallest absolute Gasteiger partial charge is 0.126 e. The van der Waals surface area contributed by atoms with Crippen molar-refractivity contribution in [1.29, 1.82) is 0 Å². The van der Waals surface area contributed by atoms with Crippen LogP contribution in [0.1, 0.15) is 36.8 Å². The topological polar surface area (TPSA) is 44.7 Å². The highest BCUT2D eigenvalue weighted by molar-refractivity contribution is 5.28. The number of β-amino-alcohol motifs (C(OH)–C–C–N with tert-alkyl or cyclic N) is 1. The van der Waals surface area contributed by atoms with Crippen molar-refractivity contribution in [3.63, 3.8) is 0 Å². The fourth-order valence-electron chi connectivity index (χ4n) is 3.76. The third kappa shape index (κ3) is 7.77. The molecule has 29 heavy (non-hydrogen) atoms. The van der Waals surface area contributed by atoms with Gasteiger partial charge in [0.15, 0.2) is 0 Å². The van der Waals surface area contributed by atoms with E-state index in [1.165, 1.54) is 31.7 Å². The first-order chi connectivity index (χ1) is 14.2. The highest BCUT2D eigenvalue weighted by Crippen LogP contribution is 2.15. The average molecular weight is 401 g/mol. The van der Waals surface area contributed by atoms with Gasteiger partial charge in [-0.25, -0.2) is 4.39 Å². The van der Waals surface area contributed by atoms with Crippen LogP contribution in [-0.4, -0.2) is 48.9 Å². The summed E-state index contributed by atoms with van der Waals surface area (Å²) in [7, 11) is 0. The number of aliphatic hydroxyl groups excluding tert-OH is 1. The van der Waals surface area contributed by atoms with Crippen LogP contribution in [0, 0.1) is 5.82 Å². The third-order valence-electron chi connectivity index (χ3n) is 5.37. The molecule has 0 unspecified atom stereocenters. The van der Waals surface area contributed by atoms with Gasteiger partial charge in [0, 0.05) is 13.1 Å². The zero-order valence-corrected chi connectivity index (χ0v) is 17.2. The summed E-state index contributed by atoms with van der Waals surface area (Å²) >= 11 is 0. The van der Waals surface area contributed by atoms with Gasteiger partial charge in [-0.1, -0.05) is 43.2 Å². The number of benzene rings is 2. The summed E-state index contributed by atoms with van der Waals surface area (Å²) in [6, 6.07) is 14.8. The Balaban J connectivity index is 1.38. The summed E-state index contributed by atoms with van der Waals surface area (Å²) in [4.78, 5) is 2.34. The van der Waals surface area contributed by atoms with Crippen LogP contribution >= 0.6 is 0 Å². The Labute approximate surface area is 173 Å². The molecule has 1 aliphatic rings. The predicted octanol–water partition coefficient (Wildman–Crippen LogP) is 3.77. The molecule has 2 aromatic rings. The van der Waals surface area contributed by atoms with E-state index >= 15 is 0 Å². The van der Waals surface area contributed by atoms with Gasteiger partial charge in [0.25, 0.3) is 0 Å². The molecule has 0 spiro atoms. The Hall–Kier alpha value is -1.95. The van der Waals surface area contributed by atoms with Crippen molar-refractivity contribution in [3.8, 4) is 5.75 Å². The van der Waals surface area contributed by atoms with E-state index < -0.39 is 6.10 Å². The third-order valence-corrected chi connectivity index (χ3v) is 5.37. The molecular formula is C24H33FN2O2. The van der Waals surface area contributed by atoms with Crippen molar-refractivity contribution in [2.75, 3.05) is 32.8 Å². The molecule has 0 bridgehead atoms. The van der Waals surface area contributed by atoms with Crippen molar-refractivity contribution in [2.24, 2.45) is 0 Å². The molecule has 1 atom stereocenters. The fraction of sp³-hybridized carbons (Fsp3) is 0.500. The number of rotatable bonds is 10. The van der Waals surface area contributed by atoms with Crippen LogP contribution in [0.25, 0.3) is 0 Å². The van der Waals surface area contributed by atoms with Gasteiger partial charge >= 0.3 is 0 Å². The van der Waals surface area contributed by atoms with Crippen molar-refractivity contribution >= 4 is 0 Å². The van der Waals surface area contributed by atoms with Crippen LogP contribution in [0.3, 0.4) is 0 Å². The molecule has 2 aromatic carbocycles. The molecule has 0 saturated carbocycles. The Kier molecular flexibility index (Phi) is 8.93. The molecule has 1 saturated heterocycles. The lowest BCUT2D eigenvalue weighted by atomic mass is 10.1. The van der Waals surface area contributed by atoms with E-state index in [0.29, 0.717) is 32.7 Å². The second-order valence-corrected chi connectivity index (χ2v) is 7.85. The number of hydrogen-bond acceptors (Lipinski definition) is 4. The molecule has 0 amide bonds. The fourth-order valence-corrected chi connectivity index (χ4v) is 3.76. The second kappa shape index (κ2) is 11.9. The monoisotopic (exact) mass is 400 g/mol. The minimum Gasteiger partial charge on any atom is -0.491 e. The molecule has 1 aliphatic heterocycles. The van der Waals surface area contributed by atoms with E-state index in [4.69, 9.17) is 4.74 Å². The molecule has 1 heterocycles. The molecule has 4 nitrogen and oxygen atoms in total. The molecule has 0 aliphatic carbocycles. The molecular weight excluding hydrogens is 367 g/mol. The molecule has 2 N–H and O–H groups in total. The Morgan fingerprint density at radius 2 is 1.83 bits per heavy atom. The summed E-state index contributed by atoms with van der Waals surface area (Å²) in [6.45, 7) is 4.54. The van der Waals surface area contributed by atoms with E-state index in [9.17, 15) is 9.50 Å². The van der Waals surface area contributed by atoms with Gasteiger partial charge in [0.05, 0.1) is 0 Å². The maximum Gasteiger partial charge on any atom is 0.126 e. The summed E-state index contributed by atoms with van der Waals surface area (Å²) in [5, 5.41) is 13.7. The molecule has 0 radical (unpaired) electrons. The lowest BCUT2D eigenvalue weighted by Gasteiger charge is -2.23.